The van der Waals surface area contributed by atoms with Gasteiger partial charge in [-0.15, -0.1) is 0 Å². The molecule has 7 heteroatoms. The lowest BCUT2D eigenvalue weighted by Gasteiger charge is -2.21. The van der Waals surface area contributed by atoms with Gasteiger partial charge in [0.2, 0.25) is 0 Å². The summed E-state index contributed by atoms with van der Waals surface area (Å²) in [6.45, 7) is 0.0325. The number of carboxylic acid groups (broad SMARTS) is 1. The molecule has 1 saturated heterocycles. The second-order valence-corrected chi connectivity index (χ2v) is 4.18. The molecule has 1 amide bonds. The van der Waals surface area contributed by atoms with Crippen molar-refractivity contribution >= 4 is 11.9 Å². The van der Waals surface area contributed by atoms with Gasteiger partial charge < -0.3 is 10.0 Å². The summed E-state index contributed by atoms with van der Waals surface area (Å²) >= 11 is 0. The zero-order valence-corrected chi connectivity index (χ0v) is 9.16. The number of alkyl halides is 3. The molecule has 0 radical (unpaired) electrons. The number of nitrogens with zero attached hydrogens (tertiary/aromatic N) is 1. The van der Waals surface area contributed by atoms with E-state index in [4.69, 9.17) is 5.11 Å². The predicted molar refractivity (Wildman–Crippen MR) is 52.2 cm³/mol. The number of carboxylic acids is 1. The largest absolute Gasteiger partial charge is 0.481 e. The Morgan fingerprint density at radius 2 is 1.88 bits per heavy atom. The molecule has 1 N–H and O–H groups in total. The zero-order chi connectivity index (χ0) is 13.1. The summed E-state index contributed by atoms with van der Waals surface area (Å²) in [5, 5.41) is 8.60. The van der Waals surface area contributed by atoms with Crippen LogP contribution in [0.3, 0.4) is 0 Å². The standard InChI is InChI=1S/C10H14F3NO3/c11-10(12,13)9(17)14-4-1-2-7(3-5-14)6-8(15)16/h7H,1-6H2,(H,15,16). The molecule has 0 aromatic rings. The maximum absolute atomic E-state index is 12.2. The molecule has 1 rings (SSSR count). The molecule has 17 heavy (non-hydrogen) atoms. The zero-order valence-electron chi connectivity index (χ0n) is 9.16. The number of rotatable bonds is 2. The molecule has 0 aromatic heterocycles. The predicted octanol–water partition coefficient (Wildman–Crippen LogP) is 1.65. The fourth-order valence-corrected chi connectivity index (χ4v) is 2.00. The average molecular weight is 253 g/mol. The minimum Gasteiger partial charge on any atom is -0.481 e. The van der Waals surface area contributed by atoms with Crippen molar-refractivity contribution in [3.8, 4) is 0 Å². The van der Waals surface area contributed by atoms with Crippen LogP contribution in [0, 0.1) is 5.92 Å². The SMILES string of the molecule is O=C(O)CC1CCCN(C(=O)C(F)(F)F)CC1. The molecular formula is C10H14F3NO3. The van der Waals surface area contributed by atoms with Crippen molar-refractivity contribution in [1.29, 1.82) is 0 Å². The molecule has 0 saturated carbocycles. The van der Waals surface area contributed by atoms with E-state index in [9.17, 15) is 22.8 Å². The molecule has 0 bridgehead atoms. The van der Waals surface area contributed by atoms with Gasteiger partial charge in [0.15, 0.2) is 0 Å². The van der Waals surface area contributed by atoms with Crippen molar-refractivity contribution in [2.24, 2.45) is 5.92 Å². The lowest BCUT2D eigenvalue weighted by molar-refractivity contribution is -0.185. The summed E-state index contributed by atoms with van der Waals surface area (Å²) in [4.78, 5) is 22.2. The van der Waals surface area contributed by atoms with Crippen LogP contribution in [-0.4, -0.2) is 41.1 Å². The number of hydrogen-bond acceptors (Lipinski definition) is 2. The number of carbonyl (C=O) groups excluding carboxylic acids is 1. The van der Waals surface area contributed by atoms with Gasteiger partial charge in [0, 0.05) is 19.5 Å². The van der Waals surface area contributed by atoms with E-state index in [2.05, 4.69) is 0 Å². The molecule has 0 spiro atoms. The van der Waals surface area contributed by atoms with Crippen molar-refractivity contribution < 1.29 is 27.9 Å². The molecule has 1 aliphatic rings. The van der Waals surface area contributed by atoms with Crippen molar-refractivity contribution in [3.63, 3.8) is 0 Å². The van der Waals surface area contributed by atoms with Crippen molar-refractivity contribution in [1.82, 2.24) is 4.90 Å². The van der Waals surface area contributed by atoms with Crippen LogP contribution in [0.1, 0.15) is 25.7 Å². The minimum absolute atomic E-state index is 0.0176. The van der Waals surface area contributed by atoms with Crippen LogP contribution in [0.25, 0.3) is 0 Å². The molecule has 1 atom stereocenters. The highest BCUT2D eigenvalue weighted by Gasteiger charge is 2.42. The van der Waals surface area contributed by atoms with Crippen LogP contribution in [0.15, 0.2) is 0 Å². The Bertz CT molecular complexity index is 304. The Morgan fingerprint density at radius 1 is 1.24 bits per heavy atom. The van der Waals surface area contributed by atoms with Crippen LogP contribution >= 0.6 is 0 Å². The van der Waals surface area contributed by atoms with E-state index in [1.807, 2.05) is 0 Å². The van der Waals surface area contributed by atoms with Crippen LogP contribution < -0.4 is 0 Å². The van der Waals surface area contributed by atoms with Gasteiger partial charge in [0.05, 0.1) is 0 Å². The monoisotopic (exact) mass is 253 g/mol. The second kappa shape index (κ2) is 5.37. The second-order valence-electron chi connectivity index (χ2n) is 4.18. The van der Waals surface area contributed by atoms with Gasteiger partial charge in [-0.25, -0.2) is 0 Å². The number of halogens is 3. The third-order valence-electron chi connectivity index (χ3n) is 2.84. The van der Waals surface area contributed by atoms with E-state index in [-0.39, 0.29) is 25.4 Å². The fraction of sp³-hybridized carbons (Fsp3) is 0.800. The highest BCUT2D eigenvalue weighted by Crippen LogP contribution is 2.24. The van der Waals surface area contributed by atoms with Gasteiger partial charge in [-0.1, -0.05) is 0 Å². The lowest BCUT2D eigenvalue weighted by Crippen LogP contribution is -2.41. The maximum atomic E-state index is 12.2. The molecule has 98 valence electrons. The first kappa shape index (κ1) is 13.8. The third kappa shape index (κ3) is 4.24. The third-order valence-corrected chi connectivity index (χ3v) is 2.84. The quantitative estimate of drug-likeness (QED) is 0.814. The van der Waals surface area contributed by atoms with Crippen LogP contribution in [0.4, 0.5) is 13.2 Å². The fourth-order valence-electron chi connectivity index (χ4n) is 2.00. The lowest BCUT2D eigenvalue weighted by atomic mass is 9.97. The summed E-state index contributed by atoms with van der Waals surface area (Å²) < 4.78 is 36.6. The topological polar surface area (TPSA) is 57.6 Å². The maximum Gasteiger partial charge on any atom is 0.471 e. The van der Waals surface area contributed by atoms with Gasteiger partial charge in [-0.2, -0.15) is 13.2 Å². The van der Waals surface area contributed by atoms with E-state index in [1.165, 1.54) is 0 Å². The molecule has 0 aromatic carbocycles. The molecular weight excluding hydrogens is 239 g/mol. The van der Waals surface area contributed by atoms with E-state index < -0.39 is 18.1 Å². The number of amides is 1. The van der Waals surface area contributed by atoms with Crippen LogP contribution in [0.2, 0.25) is 0 Å². The number of carbonyl (C=O) groups is 2. The molecule has 1 aliphatic heterocycles. The number of hydrogen-bond donors (Lipinski definition) is 1. The van der Waals surface area contributed by atoms with Crippen molar-refractivity contribution in [2.45, 2.75) is 31.9 Å². The van der Waals surface area contributed by atoms with Gasteiger partial charge in [-0.05, 0) is 25.2 Å². The Morgan fingerprint density at radius 3 is 2.41 bits per heavy atom. The first-order valence-electron chi connectivity index (χ1n) is 5.38. The van der Waals surface area contributed by atoms with Gasteiger partial charge in [0.1, 0.15) is 0 Å². The van der Waals surface area contributed by atoms with E-state index in [0.717, 1.165) is 4.90 Å². The van der Waals surface area contributed by atoms with Gasteiger partial charge in [0.25, 0.3) is 0 Å². The Hall–Kier alpha value is -1.27. The van der Waals surface area contributed by atoms with Gasteiger partial charge >= 0.3 is 18.1 Å². The Labute approximate surface area is 96.4 Å². The molecule has 0 aliphatic carbocycles. The molecule has 4 nitrogen and oxygen atoms in total. The Kier molecular flexibility index (Phi) is 4.36. The van der Waals surface area contributed by atoms with E-state index in [0.29, 0.717) is 19.3 Å². The first-order chi connectivity index (χ1) is 7.80. The minimum atomic E-state index is -4.84. The van der Waals surface area contributed by atoms with Crippen LogP contribution in [0.5, 0.6) is 0 Å². The van der Waals surface area contributed by atoms with Crippen molar-refractivity contribution in [2.75, 3.05) is 13.1 Å². The number of aliphatic carboxylic acids is 1. The summed E-state index contributed by atoms with van der Waals surface area (Å²) in [6.07, 6.45) is -3.61. The summed E-state index contributed by atoms with van der Waals surface area (Å²) in [5.41, 5.74) is 0. The first-order valence-corrected chi connectivity index (χ1v) is 5.38. The van der Waals surface area contributed by atoms with Crippen molar-refractivity contribution in [3.05, 3.63) is 0 Å². The van der Waals surface area contributed by atoms with E-state index in [1.54, 1.807) is 0 Å². The molecule has 1 unspecified atom stereocenters. The average Bonchev–Trinajstić information content (AvgIpc) is 2.40. The number of likely N-dealkylation sites (tertiary alicyclic amines) is 1. The van der Waals surface area contributed by atoms with Gasteiger partial charge in [-0.3, -0.25) is 9.59 Å². The Balaban J connectivity index is 2.53. The normalized spacial score (nSPS) is 22.1. The highest BCUT2D eigenvalue weighted by molar-refractivity contribution is 5.81. The highest BCUT2D eigenvalue weighted by atomic mass is 19.4. The summed E-state index contributed by atoms with van der Waals surface area (Å²) in [7, 11) is 0. The summed E-state index contributed by atoms with van der Waals surface area (Å²) in [5.74, 6) is -2.92. The molecule has 1 heterocycles. The van der Waals surface area contributed by atoms with E-state index >= 15 is 0 Å². The summed E-state index contributed by atoms with van der Waals surface area (Å²) in [6, 6.07) is 0. The smallest absolute Gasteiger partial charge is 0.471 e. The molecule has 1 fully saturated rings. The van der Waals surface area contributed by atoms with Crippen LogP contribution in [-0.2, 0) is 9.59 Å².